The Morgan fingerprint density at radius 1 is 1.29 bits per heavy atom. The lowest BCUT2D eigenvalue weighted by molar-refractivity contribution is 0.101. The summed E-state index contributed by atoms with van der Waals surface area (Å²) in [6.45, 7) is 4.09. The second-order valence-corrected chi connectivity index (χ2v) is 5.13. The number of carbonyl (C=O) groups excluding carboxylic acids is 1. The predicted octanol–water partition coefficient (Wildman–Crippen LogP) is 0.973. The first-order valence-corrected chi connectivity index (χ1v) is 6.93. The summed E-state index contributed by atoms with van der Waals surface area (Å²) in [5.74, 6) is 0.499. The van der Waals surface area contributed by atoms with E-state index in [1.54, 1.807) is 25.2 Å². The third-order valence-corrected chi connectivity index (χ3v) is 3.76. The summed E-state index contributed by atoms with van der Waals surface area (Å²) in [6.07, 6.45) is 0. The third-order valence-electron chi connectivity index (χ3n) is 3.76. The normalized spacial score (nSPS) is 15.4. The largest absolute Gasteiger partial charge is 0.378 e. The molecule has 1 aliphatic rings. The van der Waals surface area contributed by atoms with Crippen molar-refractivity contribution in [1.82, 2.24) is 9.55 Å². The van der Waals surface area contributed by atoms with Gasteiger partial charge in [-0.05, 0) is 19.1 Å². The smallest absolute Gasteiger partial charge is 0.262 e. The highest BCUT2D eigenvalue weighted by atomic mass is 16.5. The fraction of sp³-hybridized carbons (Fsp3) is 0.400. The Labute approximate surface area is 122 Å². The predicted molar refractivity (Wildman–Crippen MR) is 80.0 cm³/mol. The Balaban J connectivity index is 2.26. The molecular formula is C15H17N3O3. The van der Waals surface area contributed by atoms with E-state index in [0.717, 1.165) is 0 Å². The van der Waals surface area contributed by atoms with Gasteiger partial charge in [0.25, 0.3) is 5.56 Å². The second-order valence-electron chi connectivity index (χ2n) is 5.13. The molecule has 110 valence electrons. The lowest BCUT2D eigenvalue weighted by atomic mass is 10.1. The summed E-state index contributed by atoms with van der Waals surface area (Å²) in [6, 6.07) is 5.14. The average molecular weight is 287 g/mol. The summed E-state index contributed by atoms with van der Waals surface area (Å²) in [7, 11) is 1.71. The molecule has 21 heavy (non-hydrogen) atoms. The zero-order chi connectivity index (χ0) is 15.0. The van der Waals surface area contributed by atoms with Crippen LogP contribution in [0.2, 0.25) is 0 Å². The van der Waals surface area contributed by atoms with Gasteiger partial charge in [-0.3, -0.25) is 14.2 Å². The van der Waals surface area contributed by atoms with E-state index in [2.05, 4.69) is 4.98 Å². The molecule has 0 bridgehead atoms. The quantitative estimate of drug-likeness (QED) is 0.770. The number of aromatic nitrogens is 2. The molecule has 0 amide bonds. The van der Waals surface area contributed by atoms with E-state index in [1.807, 2.05) is 4.90 Å². The van der Waals surface area contributed by atoms with E-state index in [0.29, 0.717) is 48.7 Å². The summed E-state index contributed by atoms with van der Waals surface area (Å²) >= 11 is 0. The first-order chi connectivity index (χ1) is 10.1. The molecule has 6 nitrogen and oxygen atoms in total. The number of nitrogens with zero attached hydrogens (tertiary/aromatic N) is 3. The lowest BCUT2D eigenvalue weighted by Crippen LogP contribution is -2.40. The number of ketones is 1. The number of benzene rings is 1. The monoisotopic (exact) mass is 287 g/mol. The highest BCUT2D eigenvalue weighted by molar-refractivity contribution is 6.05. The maximum atomic E-state index is 12.5. The lowest BCUT2D eigenvalue weighted by Gasteiger charge is -2.29. The van der Waals surface area contributed by atoms with E-state index < -0.39 is 0 Å². The van der Waals surface area contributed by atoms with Gasteiger partial charge >= 0.3 is 0 Å². The van der Waals surface area contributed by atoms with E-state index in [-0.39, 0.29) is 11.3 Å². The van der Waals surface area contributed by atoms with Crippen molar-refractivity contribution in [2.24, 2.45) is 7.05 Å². The maximum absolute atomic E-state index is 12.5. The van der Waals surface area contributed by atoms with Crippen LogP contribution in [0.1, 0.15) is 17.3 Å². The van der Waals surface area contributed by atoms with Crippen LogP contribution in [-0.2, 0) is 11.8 Å². The number of rotatable bonds is 2. The molecule has 0 aliphatic carbocycles. The number of hydrogen-bond donors (Lipinski definition) is 0. The molecule has 1 saturated heterocycles. The number of carbonyl (C=O) groups is 1. The third kappa shape index (κ3) is 2.31. The molecule has 1 aromatic carbocycles. The second kappa shape index (κ2) is 5.29. The van der Waals surface area contributed by atoms with Crippen molar-refractivity contribution in [2.75, 3.05) is 31.2 Å². The van der Waals surface area contributed by atoms with Crippen LogP contribution in [0.15, 0.2) is 23.0 Å². The zero-order valence-corrected chi connectivity index (χ0v) is 12.1. The minimum absolute atomic E-state index is 0.0886. The number of fused-ring (bicyclic) bond motifs is 1. The Morgan fingerprint density at radius 2 is 2.00 bits per heavy atom. The molecule has 1 aliphatic heterocycles. The van der Waals surface area contributed by atoms with Gasteiger partial charge in [0, 0.05) is 25.7 Å². The SMILES string of the molecule is CC(=O)c1cccc2c(=O)n(C)c(N3CCOCC3)nc12. The highest BCUT2D eigenvalue weighted by Crippen LogP contribution is 2.19. The molecular weight excluding hydrogens is 270 g/mol. The Hall–Kier alpha value is -2.21. The number of ether oxygens (including phenoxy) is 1. The Bertz CT molecular complexity index is 761. The van der Waals surface area contributed by atoms with Crippen LogP contribution < -0.4 is 10.5 Å². The number of morpholine rings is 1. The van der Waals surface area contributed by atoms with Gasteiger partial charge < -0.3 is 9.64 Å². The molecule has 0 radical (unpaired) electrons. The van der Waals surface area contributed by atoms with Crippen LogP contribution in [0, 0.1) is 0 Å². The summed E-state index contributed by atoms with van der Waals surface area (Å²) in [5.41, 5.74) is 0.832. The van der Waals surface area contributed by atoms with Crippen LogP contribution in [0.3, 0.4) is 0 Å². The molecule has 2 heterocycles. The van der Waals surface area contributed by atoms with E-state index in [9.17, 15) is 9.59 Å². The minimum Gasteiger partial charge on any atom is -0.378 e. The number of anilines is 1. The molecule has 0 atom stereocenters. The molecule has 0 saturated carbocycles. The number of para-hydroxylation sites is 1. The van der Waals surface area contributed by atoms with Crippen molar-refractivity contribution < 1.29 is 9.53 Å². The summed E-state index contributed by atoms with van der Waals surface area (Å²) < 4.78 is 6.87. The molecule has 0 unspecified atom stereocenters. The fourth-order valence-corrected chi connectivity index (χ4v) is 2.61. The standard InChI is InChI=1S/C15H17N3O3/c1-10(19)11-4-3-5-12-13(11)16-15(17(2)14(12)20)18-6-8-21-9-7-18/h3-5H,6-9H2,1-2H3. The molecule has 6 heteroatoms. The van der Waals surface area contributed by atoms with Gasteiger partial charge in [0.15, 0.2) is 5.78 Å². The van der Waals surface area contributed by atoms with E-state index in [1.165, 1.54) is 11.5 Å². The molecule has 0 spiro atoms. The molecule has 3 rings (SSSR count). The topological polar surface area (TPSA) is 64.4 Å². The van der Waals surface area contributed by atoms with Crippen LogP contribution in [-0.4, -0.2) is 41.6 Å². The van der Waals surface area contributed by atoms with Gasteiger partial charge in [-0.2, -0.15) is 0 Å². The van der Waals surface area contributed by atoms with Crippen molar-refractivity contribution >= 4 is 22.6 Å². The number of hydrogen-bond acceptors (Lipinski definition) is 5. The van der Waals surface area contributed by atoms with Crippen molar-refractivity contribution in [3.63, 3.8) is 0 Å². The average Bonchev–Trinajstić information content (AvgIpc) is 2.51. The first-order valence-electron chi connectivity index (χ1n) is 6.93. The van der Waals surface area contributed by atoms with Gasteiger partial charge in [-0.25, -0.2) is 4.98 Å². The van der Waals surface area contributed by atoms with Crippen molar-refractivity contribution in [1.29, 1.82) is 0 Å². The summed E-state index contributed by atoms with van der Waals surface area (Å²) in [5, 5.41) is 0.474. The van der Waals surface area contributed by atoms with E-state index >= 15 is 0 Å². The van der Waals surface area contributed by atoms with Crippen LogP contribution in [0.25, 0.3) is 10.9 Å². The molecule has 0 N–H and O–H groups in total. The Morgan fingerprint density at radius 3 is 2.67 bits per heavy atom. The maximum Gasteiger partial charge on any atom is 0.262 e. The Kier molecular flexibility index (Phi) is 3.47. The van der Waals surface area contributed by atoms with Gasteiger partial charge in [0.05, 0.1) is 24.1 Å². The van der Waals surface area contributed by atoms with Crippen molar-refractivity contribution in [2.45, 2.75) is 6.92 Å². The fourth-order valence-electron chi connectivity index (χ4n) is 2.61. The first kappa shape index (κ1) is 13.8. The highest BCUT2D eigenvalue weighted by Gasteiger charge is 2.19. The van der Waals surface area contributed by atoms with Crippen LogP contribution >= 0.6 is 0 Å². The van der Waals surface area contributed by atoms with Crippen LogP contribution in [0.4, 0.5) is 5.95 Å². The van der Waals surface area contributed by atoms with Crippen molar-refractivity contribution in [3.05, 3.63) is 34.1 Å². The summed E-state index contributed by atoms with van der Waals surface area (Å²) in [4.78, 5) is 30.9. The van der Waals surface area contributed by atoms with Crippen LogP contribution in [0.5, 0.6) is 0 Å². The molecule has 1 fully saturated rings. The zero-order valence-electron chi connectivity index (χ0n) is 12.1. The number of Topliss-reactive ketones (excluding diaryl/α,β-unsaturated/α-hetero) is 1. The molecule has 1 aromatic heterocycles. The van der Waals surface area contributed by atoms with Gasteiger partial charge in [0.1, 0.15) is 0 Å². The van der Waals surface area contributed by atoms with Crippen molar-refractivity contribution in [3.8, 4) is 0 Å². The van der Waals surface area contributed by atoms with E-state index in [4.69, 9.17) is 4.74 Å². The van der Waals surface area contributed by atoms with Gasteiger partial charge in [-0.1, -0.05) is 6.07 Å². The van der Waals surface area contributed by atoms with Gasteiger partial charge in [-0.15, -0.1) is 0 Å². The van der Waals surface area contributed by atoms with Gasteiger partial charge in [0.2, 0.25) is 5.95 Å². The molecule has 2 aromatic rings. The minimum atomic E-state index is -0.135.